The number of hydrogen-bond acceptors (Lipinski definition) is 2. The van der Waals surface area contributed by atoms with Crippen LogP contribution in [0.1, 0.15) is 77.6 Å². The molecule has 128 valence electrons. The number of esters is 1. The summed E-state index contributed by atoms with van der Waals surface area (Å²) in [6, 6.07) is 0. The molecule has 1 N–H and O–H groups in total. The van der Waals surface area contributed by atoms with Gasteiger partial charge in [-0.15, -0.1) is 0 Å². The number of quaternary nitrogens is 1. The smallest absolute Gasteiger partial charge is 0.361 e. The van der Waals surface area contributed by atoms with Crippen LogP contribution in [0.4, 0.5) is 0 Å². The predicted octanol–water partition coefficient (Wildman–Crippen LogP) is -0.0109. The Morgan fingerprint density at radius 2 is 1.24 bits per heavy atom. The van der Waals surface area contributed by atoms with Gasteiger partial charge in [-0.05, 0) is 6.42 Å². The predicted molar refractivity (Wildman–Crippen MR) is 85.1 cm³/mol. The van der Waals surface area contributed by atoms with Crippen molar-refractivity contribution < 1.29 is 26.8 Å². The molecule has 0 fully saturated rings. The van der Waals surface area contributed by atoms with Gasteiger partial charge in [-0.3, -0.25) is 0 Å². The average Bonchev–Trinajstić information content (AvgIpc) is 2.39. The Balaban J connectivity index is 0. The highest BCUT2D eigenvalue weighted by Gasteiger charge is 2.06. The summed E-state index contributed by atoms with van der Waals surface area (Å²) in [6.45, 7) is 3.33. The first-order valence-corrected chi connectivity index (χ1v) is 8.61. The summed E-state index contributed by atoms with van der Waals surface area (Å²) >= 11 is 0. The third-order valence-electron chi connectivity index (χ3n) is 3.51. The molecule has 0 aliphatic carbocycles. The first-order chi connectivity index (χ1) is 9.66. The van der Waals surface area contributed by atoms with Gasteiger partial charge in [0.15, 0.2) is 6.54 Å². The van der Waals surface area contributed by atoms with Gasteiger partial charge in [-0.1, -0.05) is 71.1 Å². The molecule has 3 nitrogen and oxygen atoms in total. The lowest BCUT2D eigenvalue weighted by atomic mass is 10.1. The van der Waals surface area contributed by atoms with E-state index in [1.54, 1.807) is 0 Å². The highest BCUT2D eigenvalue weighted by atomic mass is 35.5. The Kier molecular flexibility index (Phi) is 19.5. The zero-order valence-electron chi connectivity index (χ0n) is 14.4. The van der Waals surface area contributed by atoms with Crippen LogP contribution in [0.25, 0.3) is 0 Å². The number of carbonyl (C=O) groups excluding carboxylic acids is 1. The van der Waals surface area contributed by atoms with Crippen LogP contribution in [0.5, 0.6) is 0 Å². The fourth-order valence-electron chi connectivity index (χ4n) is 2.29. The summed E-state index contributed by atoms with van der Waals surface area (Å²) in [6.07, 6.45) is 14.6. The molecule has 21 heavy (non-hydrogen) atoms. The molecular weight excluding hydrogens is 286 g/mol. The van der Waals surface area contributed by atoms with Crippen LogP contribution in [-0.2, 0) is 9.53 Å². The minimum Gasteiger partial charge on any atom is -1.00 e. The van der Waals surface area contributed by atoms with Gasteiger partial charge in [0.2, 0.25) is 0 Å². The molecule has 0 aromatic heterocycles. The van der Waals surface area contributed by atoms with Gasteiger partial charge < -0.3 is 22.0 Å². The summed E-state index contributed by atoms with van der Waals surface area (Å²) in [5.41, 5.74) is 0. The van der Waals surface area contributed by atoms with Crippen molar-refractivity contribution in [1.29, 1.82) is 0 Å². The van der Waals surface area contributed by atoms with E-state index < -0.39 is 0 Å². The highest BCUT2D eigenvalue weighted by Crippen LogP contribution is 2.11. The molecule has 4 heteroatoms. The third-order valence-corrected chi connectivity index (χ3v) is 3.51. The molecule has 0 aliphatic heterocycles. The van der Waals surface area contributed by atoms with E-state index in [4.69, 9.17) is 4.74 Å². The van der Waals surface area contributed by atoms with Crippen molar-refractivity contribution in [3.8, 4) is 0 Å². The van der Waals surface area contributed by atoms with E-state index in [1.165, 1.54) is 64.2 Å². The van der Waals surface area contributed by atoms with Gasteiger partial charge in [0.1, 0.15) is 0 Å². The monoisotopic (exact) mass is 321 g/mol. The molecule has 0 aromatic carbocycles. The number of rotatable bonds is 14. The summed E-state index contributed by atoms with van der Waals surface area (Å²) in [5.74, 6) is -0.0721. The van der Waals surface area contributed by atoms with Gasteiger partial charge in [-0.25, -0.2) is 4.79 Å². The molecule has 0 heterocycles. The fourth-order valence-corrected chi connectivity index (χ4v) is 2.29. The maximum atomic E-state index is 11.3. The van der Waals surface area contributed by atoms with Crippen molar-refractivity contribution in [1.82, 2.24) is 0 Å². The minimum atomic E-state index is -0.0721. The zero-order chi connectivity index (χ0) is 15.1. The molecule has 0 spiro atoms. The lowest BCUT2D eigenvalue weighted by molar-refractivity contribution is -0.850. The molecule has 0 atom stereocenters. The number of hydrogen-bond donors (Lipinski definition) is 1. The largest absolute Gasteiger partial charge is 1.00 e. The normalized spacial score (nSPS) is 10.5. The van der Waals surface area contributed by atoms with Crippen molar-refractivity contribution in [2.75, 3.05) is 27.2 Å². The first-order valence-electron chi connectivity index (χ1n) is 8.61. The summed E-state index contributed by atoms with van der Waals surface area (Å²) in [7, 11) is 3.92. The van der Waals surface area contributed by atoms with Gasteiger partial charge in [0, 0.05) is 0 Å². The second-order valence-electron chi connectivity index (χ2n) is 6.14. The lowest BCUT2D eigenvalue weighted by Gasteiger charge is -2.07. The molecule has 0 unspecified atom stereocenters. The van der Waals surface area contributed by atoms with E-state index >= 15 is 0 Å². The van der Waals surface area contributed by atoms with Crippen molar-refractivity contribution in [3.05, 3.63) is 0 Å². The van der Waals surface area contributed by atoms with Crippen LogP contribution in [0.15, 0.2) is 0 Å². The van der Waals surface area contributed by atoms with Gasteiger partial charge in [0.05, 0.1) is 20.7 Å². The Morgan fingerprint density at radius 3 is 1.67 bits per heavy atom. The van der Waals surface area contributed by atoms with Crippen LogP contribution in [0, 0.1) is 0 Å². The van der Waals surface area contributed by atoms with E-state index in [1.807, 2.05) is 14.1 Å². The molecule has 0 aliphatic rings. The quantitative estimate of drug-likeness (QED) is 0.360. The number of unbranched alkanes of at least 4 members (excludes halogenated alkanes) is 10. The lowest BCUT2D eigenvalue weighted by Crippen LogP contribution is -3.06. The van der Waals surface area contributed by atoms with E-state index in [0.717, 1.165) is 11.3 Å². The van der Waals surface area contributed by atoms with E-state index in [9.17, 15) is 4.79 Å². The number of carbonyl (C=O) groups is 1. The van der Waals surface area contributed by atoms with Crippen LogP contribution >= 0.6 is 0 Å². The van der Waals surface area contributed by atoms with Gasteiger partial charge in [-0.2, -0.15) is 0 Å². The molecule has 0 amide bonds. The Labute approximate surface area is 138 Å². The van der Waals surface area contributed by atoms with Gasteiger partial charge >= 0.3 is 5.97 Å². The molecule has 0 saturated carbocycles. The number of likely N-dealkylation sites (N-methyl/N-ethyl adjacent to an activating group) is 1. The Morgan fingerprint density at radius 1 is 0.810 bits per heavy atom. The van der Waals surface area contributed by atoms with Crippen molar-refractivity contribution >= 4 is 5.97 Å². The second kappa shape index (κ2) is 17.8. The van der Waals surface area contributed by atoms with E-state index in [-0.39, 0.29) is 18.4 Å². The van der Waals surface area contributed by atoms with Crippen LogP contribution < -0.4 is 17.3 Å². The first kappa shape index (κ1) is 23.0. The third kappa shape index (κ3) is 19.7. The van der Waals surface area contributed by atoms with Crippen molar-refractivity contribution in [3.63, 3.8) is 0 Å². The topological polar surface area (TPSA) is 30.7 Å². The molecule has 0 rings (SSSR count). The minimum absolute atomic E-state index is 0. The van der Waals surface area contributed by atoms with E-state index in [0.29, 0.717) is 13.2 Å². The summed E-state index contributed by atoms with van der Waals surface area (Å²) in [5, 5.41) is 0. The molecule has 0 saturated heterocycles. The number of ether oxygens (including phenoxy) is 1. The maximum absolute atomic E-state index is 11.3. The molecule has 0 aromatic rings. The maximum Gasteiger partial charge on any atom is 0.361 e. The standard InChI is InChI=1S/C17H35NO2.ClH/c1-4-5-6-7-8-9-10-11-12-13-14-15-20-17(19)16-18(2)3;/h4-16H2,1-3H3;1H. The molecular formula is C17H36ClNO2. The average molecular weight is 322 g/mol. The van der Waals surface area contributed by atoms with Crippen molar-refractivity contribution in [2.45, 2.75) is 77.6 Å². The van der Waals surface area contributed by atoms with Crippen molar-refractivity contribution in [2.24, 2.45) is 0 Å². The fraction of sp³-hybridized carbons (Fsp3) is 0.941. The van der Waals surface area contributed by atoms with E-state index in [2.05, 4.69) is 6.92 Å². The summed E-state index contributed by atoms with van der Waals surface area (Å²) in [4.78, 5) is 12.4. The van der Waals surface area contributed by atoms with Gasteiger partial charge in [0.25, 0.3) is 0 Å². The second-order valence-corrected chi connectivity index (χ2v) is 6.14. The van der Waals surface area contributed by atoms with Crippen LogP contribution in [-0.4, -0.2) is 33.2 Å². The number of halogens is 1. The summed E-state index contributed by atoms with van der Waals surface area (Å²) < 4.78 is 5.18. The highest BCUT2D eigenvalue weighted by molar-refractivity contribution is 5.70. The number of nitrogens with one attached hydrogen (secondary N) is 1. The molecule has 0 bridgehead atoms. The van der Waals surface area contributed by atoms with Crippen LogP contribution in [0.3, 0.4) is 0 Å². The zero-order valence-corrected chi connectivity index (χ0v) is 15.1. The van der Waals surface area contributed by atoms with Crippen LogP contribution in [0.2, 0.25) is 0 Å². The Bertz CT molecular complexity index is 223. The Hall–Kier alpha value is -0.280. The molecule has 0 radical (unpaired) electrons. The SMILES string of the molecule is CCCCCCCCCCCCCOC(=O)C[NH+](C)C.[Cl-].